The van der Waals surface area contributed by atoms with Gasteiger partial charge in [0.25, 0.3) is 5.91 Å². The maximum absolute atomic E-state index is 13.0. The highest BCUT2D eigenvalue weighted by Crippen LogP contribution is 2.29. The number of benzene rings is 1. The van der Waals surface area contributed by atoms with Crippen molar-refractivity contribution in [3.05, 3.63) is 23.3 Å². The van der Waals surface area contributed by atoms with Gasteiger partial charge in [-0.3, -0.25) is 9.59 Å². The fraction of sp³-hybridized carbons (Fsp3) is 0.600. The third kappa shape index (κ3) is 4.68. The van der Waals surface area contributed by atoms with Crippen LogP contribution in [0, 0.1) is 12.3 Å². The molecule has 0 atom stereocenters. The van der Waals surface area contributed by atoms with Gasteiger partial charge in [0, 0.05) is 32.6 Å². The predicted molar refractivity (Wildman–Crippen MR) is 101 cm³/mol. The van der Waals surface area contributed by atoms with Crippen LogP contribution >= 0.6 is 0 Å². The van der Waals surface area contributed by atoms with Gasteiger partial charge in [0.1, 0.15) is 11.5 Å². The molecule has 6 nitrogen and oxygen atoms in total. The standard InChI is InChI=1S/C20H30N2O4/c1-14-11-17(26-6)15(12-16(14)25-5)19(24)22-9-7-21(8-10-22)18(23)13-20(2,3)4/h11-12H,7-10,13H2,1-6H3. The summed E-state index contributed by atoms with van der Waals surface area (Å²) in [4.78, 5) is 28.9. The van der Waals surface area contributed by atoms with E-state index in [1.165, 1.54) is 0 Å². The summed E-state index contributed by atoms with van der Waals surface area (Å²) in [5.41, 5.74) is 1.37. The number of carbonyl (C=O) groups excluding carboxylic acids is 2. The first-order valence-electron chi connectivity index (χ1n) is 8.96. The molecule has 0 aromatic heterocycles. The number of carbonyl (C=O) groups is 2. The summed E-state index contributed by atoms with van der Waals surface area (Å²) >= 11 is 0. The molecule has 1 aliphatic rings. The van der Waals surface area contributed by atoms with Gasteiger partial charge < -0.3 is 19.3 Å². The second kappa shape index (κ2) is 7.98. The van der Waals surface area contributed by atoms with E-state index in [0.717, 1.165) is 5.56 Å². The number of rotatable bonds is 4. The molecule has 0 saturated carbocycles. The lowest BCUT2D eigenvalue weighted by Crippen LogP contribution is -2.51. The Balaban J connectivity index is 2.08. The fourth-order valence-corrected chi connectivity index (χ4v) is 3.11. The molecule has 0 bridgehead atoms. The molecule has 0 radical (unpaired) electrons. The van der Waals surface area contributed by atoms with Crippen molar-refractivity contribution in [3.8, 4) is 11.5 Å². The van der Waals surface area contributed by atoms with Crippen LogP contribution < -0.4 is 9.47 Å². The Hall–Kier alpha value is -2.24. The van der Waals surface area contributed by atoms with Gasteiger partial charge in [0.05, 0.1) is 19.8 Å². The number of hydrogen-bond donors (Lipinski definition) is 0. The van der Waals surface area contributed by atoms with Gasteiger partial charge in [-0.15, -0.1) is 0 Å². The maximum atomic E-state index is 13.0. The third-order valence-corrected chi connectivity index (χ3v) is 4.55. The second-order valence-electron chi connectivity index (χ2n) is 7.93. The molecular weight excluding hydrogens is 332 g/mol. The van der Waals surface area contributed by atoms with E-state index in [0.29, 0.717) is 49.7 Å². The van der Waals surface area contributed by atoms with Gasteiger partial charge in [-0.05, 0) is 30.0 Å². The van der Waals surface area contributed by atoms with Crippen molar-refractivity contribution in [1.82, 2.24) is 9.80 Å². The molecule has 1 saturated heterocycles. The van der Waals surface area contributed by atoms with Crippen molar-refractivity contribution in [2.24, 2.45) is 5.41 Å². The Bertz CT molecular complexity index is 671. The normalized spacial score (nSPS) is 15.0. The van der Waals surface area contributed by atoms with Crippen molar-refractivity contribution in [3.63, 3.8) is 0 Å². The summed E-state index contributed by atoms with van der Waals surface area (Å²) in [7, 11) is 3.14. The van der Waals surface area contributed by atoms with Gasteiger partial charge in [-0.2, -0.15) is 0 Å². The zero-order chi connectivity index (χ0) is 19.5. The van der Waals surface area contributed by atoms with E-state index in [9.17, 15) is 9.59 Å². The molecule has 1 fully saturated rings. The number of amides is 2. The number of ether oxygens (including phenoxy) is 2. The van der Waals surface area contributed by atoms with Crippen molar-refractivity contribution in [2.75, 3.05) is 40.4 Å². The largest absolute Gasteiger partial charge is 0.496 e. The lowest BCUT2D eigenvalue weighted by molar-refractivity contribution is -0.134. The number of hydrogen-bond acceptors (Lipinski definition) is 4. The predicted octanol–water partition coefficient (Wildman–Crippen LogP) is 2.73. The van der Waals surface area contributed by atoms with Gasteiger partial charge in [-0.25, -0.2) is 0 Å². The summed E-state index contributed by atoms with van der Waals surface area (Å²) in [6.45, 7) is 10.3. The highest BCUT2D eigenvalue weighted by molar-refractivity contribution is 5.97. The molecule has 6 heteroatoms. The first-order chi connectivity index (χ1) is 12.2. The van der Waals surface area contributed by atoms with Crippen molar-refractivity contribution < 1.29 is 19.1 Å². The molecule has 1 aromatic carbocycles. The molecule has 0 unspecified atom stereocenters. The van der Waals surface area contributed by atoms with Gasteiger partial charge in [0.15, 0.2) is 0 Å². The van der Waals surface area contributed by atoms with E-state index in [1.807, 2.05) is 17.9 Å². The topological polar surface area (TPSA) is 59.1 Å². The van der Waals surface area contributed by atoms with E-state index < -0.39 is 0 Å². The molecule has 0 N–H and O–H groups in total. The highest BCUT2D eigenvalue weighted by Gasteiger charge is 2.28. The third-order valence-electron chi connectivity index (χ3n) is 4.55. The Morgan fingerprint density at radius 1 is 0.962 bits per heavy atom. The fourth-order valence-electron chi connectivity index (χ4n) is 3.11. The maximum Gasteiger partial charge on any atom is 0.257 e. The summed E-state index contributed by atoms with van der Waals surface area (Å²) in [5.74, 6) is 1.26. The lowest BCUT2D eigenvalue weighted by Gasteiger charge is -2.36. The molecule has 1 heterocycles. The van der Waals surface area contributed by atoms with E-state index >= 15 is 0 Å². The second-order valence-corrected chi connectivity index (χ2v) is 7.93. The minimum Gasteiger partial charge on any atom is -0.496 e. The molecule has 1 aliphatic heterocycles. The van der Waals surface area contributed by atoms with Crippen LogP contribution in [0.5, 0.6) is 11.5 Å². The van der Waals surface area contributed by atoms with Crippen LogP contribution in [-0.2, 0) is 4.79 Å². The average Bonchev–Trinajstić information content (AvgIpc) is 2.59. The SMILES string of the molecule is COc1cc(C(=O)N2CCN(C(=O)CC(C)(C)C)CC2)c(OC)cc1C. The van der Waals surface area contributed by atoms with E-state index in [2.05, 4.69) is 20.8 Å². The number of aryl methyl sites for hydroxylation is 1. The molecule has 0 aliphatic carbocycles. The van der Waals surface area contributed by atoms with Crippen LogP contribution in [0.2, 0.25) is 0 Å². The van der Waals surface area contributed by atoms with Gasteiger partial charge >= 0.3 is 0 Å². The molecule has 144 valence electrons. The van der Waals surface area contributed by atoms with Crippen LogP contribution in [0.1, 0.15) is 43.1 Å². The van der Waals surface area contributed by atoms with Crippen LogP contribution in [0.3, 0.4) is 0 Å². The molecule has 2 rings (SSSR count). The van der Waals surface area contributed by atoms with E-state index in [1.54, 1.807) is 25.2 Å². The molecule has 0 spiro atoms. The zero-order valence-corrected chi connectivity index (χ0v) is 16.7. The first-order valence-corrected chi connectivity index (χ1v) is 8.96. The van der Waals surface area contributed by atoms with Crippen LogP contribution in [-0.4, -0.2) is 62.0 Å². The molecule has 1 aromatic rings. The number of methoxy groups -OCH3 is 2. The molecular formula is C20H30N2O4. The van der Waals surface area contributed by atoms with Gasteiger partial charge in [0.2, 0.25) is 5.91 Å². The Morgan fingerprint density at radius 2 is 1.50 bits per heavy atom. The Morgan fingerprint density at radius 3 is 2.00 bits per heavy atom. The molecule has 26 heavy (non-hydrogen) atoms. The zero-order valence-electron chi connectivity index (χ0n) is 16.7. The summed E-state index contributed by atoms with van der Waals surface area (Å²) in [6.07, 6.45) is 0.518. The lowest BCUT2D eigenvalue weighted by atomic mass is 9.91. The Labute approximate surface area is 156 Å². The van der Waals surface area contributed by atoms with Crippen LogP contribution in [0.4, 0.5) is 0 Å². The summed E-state index contributed by atoms with van der Waals surface area (Å²) < 4.78 is 10.7. The number of piperazine rings is 1. The smallest absolute Gasteiger partial charge is 0.257 e. The first kappa shape index (κ1) is 20.1. The van der Waals surface area contributed by atoms with Crippen LogP contribution in [0.25, 0.3) is 0 Å². The van der Waals surface area contributed by atoms with Crippen molar-refractivity contribution in [2.45, 2.75) is 34.1 Å². The Kier molecular flexibility index (Phi) is 6.16. The van der Waals surface area contributed by atoms with Gasteiger partial charge in [-0.1, -0.05) is 20.8 Å². The number of nitrogens with zero attached hydrogens (tertiary/aromatic N) is 2. The van der Waals surface area contributed by atoms with Crippen molar-refractivity contribution in [1.29, 1.82) is 0 Å². The minimum atomic E-state index is -0.0944. The molecule has 2 amide bonds. The summed E-state index contributed by atoms with van der Waals surface area (Å²) in [5, 5.41) is 0. The van der Waals surface area contributed by atoms with E-state index in [-0.39, 0.29) is 17.2 Å². The quantitative estimate of drug-likeness (QED) is 0.826. The van der Waals surface area contributed by atoms with Crippen LogP contribution in [0.15, 0.2) is 12.1 Å². The summed E-state index contributed by atoms with van der Waals surface area (Å²) in [6, 6.07) is 3.54. The van der Waals surface area contributed by atoms with Crippen molar-refractivity contribution >= 4 is 11.8 Å². The van der Waals surface area contributed by atoms with E-state index in [4.69, 9.17) is 9.47 Å². The highest BCUT2D eigenvalue weighted by atomic mass is 16.5. The monoisotopic (exact) mass is 362 g/mol. The minimum absolute atomic E-state index is 0.0319. The average molecular weight is 362 g/mol.